The van der Waals surface area contributed by atoms with Crippen LogP contribution in [-0.2, 0) is 9.19 Å². The van der Waals surface area contributed by atoms with Crippen LogP contribution in [0.2, 0.25) is 0 Å². The highest BCUT2D eigenvalue weighted by Gasteiger charge is 2.27. The molecule has 0 aromatic heterocycles. The van der Waals surface area contributed by atoms with E-state index in [0.717, 1.165) is 0 Å². The molecule has 0 aromatic rings. The Morgan fingerprint density at radius 2 is 2.44 bits per heavy atom. The van der Waals surface area contributed by atoms with Gasteiger partial charge in [0.05, 0.1) is 6.07 Å². The van der Waals surface area contributed by atoms with Gasteiger partial charge in [0, 0.05) is 0 Å². The Hall–Kier alpha value is -0.400. The van der Waals surface area contributed by atoms with Crippen molar-refractivity contribution in [3.8, 4) is 6.07 Å². The van der Waals surface area contributed by atoms with E-state index in [0.29, 0.717) is 0 Å². The van der Waals surface area contributed by atoms with Crippen molar-refractivity contribution in [1.29, 1.82) is 5.26 Å². The molecule has 0 spiro atoms. The van der Waals surface area contributed by atoms with E-state index in [4.69, 9.17) is 10.2 Å². The average Bonchev–Trinajstić information content (AvgIpc) is 1.86. The first-order valence-electron chi connectivity index (χ1n) is 2.15. The minimum Gasteiger partial charge on any atom is -0.322 e. The normalized spacial score (nSPS) is 19.8. The van der Waals surface area contributed by atoms with Crippen LogP contribution in [0, 0.1) is 11.3 Å². The second kappa shape index (κ2) is 2.95. The zero-order valence-corrected chi connectivity index (χ0v) is 5.71. The molecular formula is C3H7N2O3P. The molecule has 0 radical (unpaired) electrons. The van der Waals surface area contributed by atoms with Crippen LogP contribution in [0.1, 0.15) is 6.92 Å². The first kappa shape index (κ1) is 8.60. The van der Waals surface area contributed by atoms with E-state index in [2.05, 4.69) is 10.5 Å². The smallest absolute Gasteiger partial charge is 0.322 e. The first-order chi connectivity index (χ1) is 4.04. The summed E-state index contributed by atoms with van der Waals surface area (Å²) in [6.45, 7) is 1.26. The number of rotatable bonds is 2. The SMILES string of the molecule is CC(C#N)P(=O)(O)ON. The van der Waals surface area contributed by atoms with Crippen LogP contribution in [0.4, 0.5) is 0 Å². The molecule has 0 aliphatic heterocycles. The highest BCUT2D eigenvalue weighted by atomic mass is 31.2. The van der Waals surface area contributed by atoms with Crippen molar-refractivity contribution < 1.29 is 14.1 Å². The molecule has 0 saturated heterocycles. The van der Waals surface area contributed by atoms with Crippen molar-refractivity contribution in [3.05, 3.63) is 0 Å². The van der Waals surface area contributed by atoms with Crippen LogP contribution < -0.4 is 5.90 Å². The topological polar surface area (TPSA) is 96.3 Å². The van der Waals surface area contributed by atoms with E-state index in [1.807, 2.05) is 0 Å². The fraction of sp³-hybridized carbons (Fsp3) is 0.667. The molecule has 0 amide bonds. The summed E-state index contributed by atoms with van der Waals surface area (Å²) in [5, 5.41) is 8.08. The largest absolute Gasteiger partial charge is 0.360 e. The predicted molar refractivity (Wildman–Crippen MR) is 30.2 cm³/mol. The fourth-order valence-corrected chi connectivity index (χ4v) is 0.493. The van der Waals surface area contributed by atoms with Crippen LogP contribution in [-0.4, -0.2) is 10.6 Å². The molecule has 0 bridgehead atoms. The minimum atomic E-state index is -3.85. The van der Waals surface area contributed by atoms with Gasteiger partial charge in [-0.1, -0.05) is 0 Å². The highest BCUT2D eigenvalue weighted by molar-refractivity contribution is 7.53. The van der Waals surface area contributed by atoms with Crippen molar-refractivity contribution in [2.24, 2.45) is 5.90 Å². The molecule has 6 heteroatoms. The molecule has 3 N–H and O–H groups in total. The van der Waals surface area contributed by atoms with Gasteiger partial charge in [-0.25, -0.2) is 10.5 Å². The van der Waals surface area contributed by atoms with Gasteiger partial charge in [0.2, 0.25) is 0 Å². The second-order valence-corrected chi connectivity index (χ2v) is 3.59. The highest BCUT2D eigenvalue weighted by Crippen LogP contribution is 2.44. The first-order valence-corrected chi connectivity index (χ1v) is 3.80. The molecule has 5 nitrogen and oxygen atoms in total. The van der Waals surface area contributed by atoms with Gasteiger partial charge < -0.3 is 4.89 Å². The number of hydrogen-bond donors (Lipinski definition) is 2. The predicted octanol–water partition coefficient (Wildman–Crippen LogP) is -0.0258. The third kappa shape index (κ3) is 2.12. The van der Waals surface area contributed by atoms with Crippen LogP contribution in [0.25, 0.3) is 0 Å². The summed E-state index contributed by atoms with van der Waals surface area (Å²) in [4.78, 5) is 8.58. The summed E-state index contributed by atoms with van der Waals surface area (Å²) in [7, 11) is -3.85. The Morgan fingerprint density at radius 1 is 2.00 bits per heavy atom. The lowest BCUT2D eigenvalue weighted by Gasteiger charge is -2.07. The van der Waals surface area contributed by atoms with Crippen LogP contribution in [0.3, 0.4) is 0 Å². The summed E-state index contributed by atoms with van der Waals surface area (Å²) in [6.07, 6.45) is 0. The minimum absolute atomic E-state index is 1.07. The molecule has 0 aliphatic rings. The van der Waals surface area contributed by atoms with Gasteiger partial charge in [-0.05, 0) is 6.92 Å². The summed E-state index contributed by atoms with van der Waals surface area (Å²) in [6, 6.07) is 1.54. The molecule has 0 aromatic carbocycles. The lowest BCUT2D eigenvalue weighted by Crippen LogP contribution is -2.06. The molecule has 0 rings (SSSR count). The van der Waals surface area contributed by atoms with Gasteiger partial charge in [0.25, 0.3) is 0 Å². The maximum atomic E-state index is 10.5. The summed E-state index contributed by atoms with van der Waals surface area (Å²) < 4.78 is 14.2. The zero-order chi connectivity index (χ0) is 7.49. The average molecular weight is 150 g/mol. The Labute approximate surface area is 52.5 Å². The van der Waals surface area contributed by atoms with Gasteiger partial charge in [-0.2, -0.15) is 5.26 Å². The number of nitrogens with two attached hydrogens (primary N) is 1. The Balaban J connectivity index is 4.20. The summed E-state index contributed by atoms with van der Waals surface area (Å²) >= 11 is 0. The molecular weight excluding hydrogens is 143 g/mol. The monoisotopic (exact) mass is 150 g/mol. The molecule has 2 atom stereocenters. The van der Waals surface area contributed by atoms with Gasteiger partial charge in [0.1, 0.15) is 5.66 Å². The molecule has 0 aliphatic carbocycles. The third-order valence-corrected chi connectivity index (χ3v) is 2.22. The maximum absolute atomic E-state index is 10.5. The second-order valence-electron chi connectivity index (χ2n) is 1.47. The van der Waals surface area contributed by atoms with E-state index in [-0.39, 0.29) is 0 Å². The zero-order valence-electron chi connectivity index (χ0n) is 4.81. The van der Waals surface area contributed by atoms with Gasteiger partial charge in [-0.15, -0.1) is 0 Å². The van der Waals surface area contributed by atoms with E-state index < -0.39 is 13.3 Å². The van der Waals surface area contributed by atoms with Crippen LogP contribution in [0.5, 0.6) is 0 Å². The molecule has 9 heavy (non-hydrogen) atoms. The van der Waals surface area contributed by atoms with Crippen molar-refractivity contribution in [1.82, 2.24) is 0 Å². The molecule has 2 unspecified atom stereocenters. The summed E-state index contributed by atoms with van der Waals surface area (Å²) in [5.74, 6) is 4.42. The summed E-state index contributed by atoms with van der Waals surface area (Å²) in [5.41, 5.74) is -1.07. The molecule has 0 saturated carbocycles. The Kier molecular flexibility index (Phi) is 2.82. The Bertz CT molecular complexity index is 174. The van der Waals surface area contributed by atoms with Crippen molar-refractivity contribution in [3.63, 3.8) is 0 Å². The van der Waals surface area contributed by atoms with Gasteiger partial charge >= 0.3 is 7.60 Å². The van der Waals surface area contributed by atoms with E-state index >= 15 is 0 Å². The Morgan fingerprint density at radius 3 is 2.56 bits per heavy atom. The molecule has 52 valence electrons. The van der Waals surface area contributed by atoms with E-state index in [1.165, 1.54) is 13.0 Å². The fourth-order valence-electron chi connectivity index (χ4n) is 0.164. The lowest BCUT2D eigenvalue weighted by molar-refractivity contribution is 0.264. The van der Waals surface area contributed by atoms with Gasteiger partial charge in [-0.3, -0.25) is 4.57 Å². The number of nitrogens with zero attached hydrogens (tertiary/aromatic N) is 1. The number of nitriles is 1. The van der Waals surface area contributed by atoms with Crippen LogP contribution in [0.15, 0.2) is 0 Å². The maximum Gasteiger partial charge on any atom is 0.360 e. The van der Waals surface area contributed by atoms with Crippen LogP contribution >= 0.6 is 7.60 Å². The van der Waals surface area contributed by atoms with Crippen molar-refractivity contribution >= 4 is 7.60 Å². The number of hydrogen-bond acceptors (Lipinski definition) is 4. The third-order valence-electron chi connectivity index (χ3n) is 0.827. The van der Waals surface area contributed by atoms with Crippen molar-refractivity contribution in [2.75, 3.05) is 0 Å². The molecule has 0 heterocycles. The quantitative estimate of drug-likeness (QED) is 0.425. The van der Waals surface area contributed by atoms with Gasteiger partial charge in [0.15, 0.2) is 0 Å². The standard InChI is InChI=1S/C3H7N2O3P/c1-3(2-4)9(6,7)8-5/h3H,5H2,1H3,(H,6,7). The van der Waals surface area contributed by atoms with E-state index in [1.54, 1.807) is 0 Å². The lowest BCUT2D eigenvalue weighted by atomic mass is 10.5. The molecule has 0 fully saturated rings. The van der Waals surface area contributed by atoms with E-state index in [9.17, 15) is 4.57 Å². The van der Waals surface area contributed by atoms with Crippen molar-refractivity contribution in [2.45, 2.75) is 12.6 Å².